The molecule has 0 atom stereocenters. The third kappa shape index (κ3) is 6.89. The molecule has 0 radical (unpaired) electrons. The summed E-state index contributed by atoms with van der Waals surface area (Å²) in [6.07, 6.45) is 1.08. The Morgan fingerprint density at radius 1 is 1.04 bits per heavy atom. The third-order valence-corrected chi connectivity index (χ3v) is 4.43. The number of halogens is 1. The Labute approximate surface area is 160 Å². The number of nitrogens with zero attached hydrogens (tertiary/aromatic N) is 1. The van der Waals surface area contributed by atoms with Crippen LogP contribution < -0.4 is 5.32 Å². The zero-order valence-corrected chi connectivity index (χ0v) is 16.1. The molecule has 0 aliphatic carbocycles. The molecule has 2 rings (SSSR count). The van der Waals surface area contributed by atoms with E-state index < -0.39 is 0 Å². The molecule has 0 saturated heterocycles. The van der Waals surface area contributed by atoms with Crippen LogP contribution in [0.4, 0.5) is 0 Å². The van der Waals surface area contributed by atoms with E-state index in [-0.39, 0.29) is 11.8 Å². The van der Waals surface area contributed by atoms with Crippen molar-refractivity contribution in [2.75, 3.05) is 19.6 Å². The molecule has 138 valence electrons. The van der Waals surface area contributed by atoms with Crippen molar-refractivity contribution in [3.05, 3.63) is 70.2 Å². The molecule has 0 spiro atoms. The molecule has 5 heteroatoms. The molecule has 1 N–H and O–H groups in total. The van der Waals surface area contributed by atoms with Crippen LogP contribution in [0.15, 0.2) is 48.5 Å². The molecular weight excluding hydrogens is 348 g/mol. The molecule has 0 aliphatic heterocycles. The standard InChI is InChI=1S/C21H25ClN2O2/c1-16-6-8-19(9-7-16)15-21(26)23-11-13-24(17(2)25)12-10-18-4-3-5-20(22)14-18/h3-9,14H,10-13,15H2,1-2H3,(H,23,26). The lowest BCUT2D eigenvalue weighted by atomic mass is 10.1. The average molecular weight is 373 g/mol. The van der Waals surface area contributed by atoms with Gasteiger partial charge >= 0.3 is 0 Å². The van der Waals surface area contributed by atoms with Gasteiger partial charge in [0.25, 0.3) is 0 Å². The second-order valence-electron chi connectivity index (χ2n) is 6.40. The van der Waals surface area contributed by atoms with Crippen LogP contribution in [-0.2, 0) is 22.4 Å². The topological polar surface area (TPSA) is 49.4 Å². The molecule has 0 aliphatic rings. The summed E-state index contributed by atoms with van der Waals surface area (Å²) in [6, 6.07) is 15.5. The number of benzene rings is 2. The number of nitrogens with one attached hydrogen (secondary N) is 1. The van der Waals surface area contributed by atoms with Gasteiger partial charge in [-0.25, -0.2) is 0 Å². The summed E-state index contributed by atoms with van der Waals surface area (Å²) in [5, 5.41) is 3.58. The molecule has 0 aromatic heterocycles. The van der Waals surface area contributed by atoms with Gasteiger partial charge in [0, 0.05) is 31.6 Å². The van der Waals surface area contributed by atoms with Gasteiger partial charge in [-0.05, 0) is 36.6 Å². The van der Waals surface area contributed by atoms with Crippen LogP contribution in [0.5, 0.6) is 0 Å². The lowest BCUT2D eigenvalue weighted by Crippen LogP contribution is -2.39. The van der Waals surface area contributed by atoms with Crippen molar-refractivity contribution in [1.82, 2.24) is 10.2 Å². The van der Waals surface area contributed by atoms with Gasteiger partial charge in [0.2, 0.25) is 11.8 Å². The smallest absolute Gasteiger partial charge is 0.224 e. The largest absolute Gasteiger partial charge is 0.354 e. The second-order valence-corrected chi connectivity index (χ2v) is 6.83. The molecule has 0 unspecified atom stereocenters. The summed E-state index contributed by atoms with van der Waals surface area (Å²) in [4.78, 5) is 25.6. The molecule has 26 heavy (non-hydrogen) atoms. The molecule has 4 nitrogen and oxygen atoms in total. The van der Waals surface area contributed by atoms with Crippen LogP contribution in [0.25, 0.3) is 0 Å². The Kier molecular flexibility index (Phi) is 7.67. The molecule has 0 fully saturated rings. The van der Waals surface area contributed by atoms with E-state index in [1.54, 1.807) is 11.8 Å². The maximum atomic E-state index is 12.0. The van der Waals surface area contributed by atoms with E-state index in [0.29, 0.717) is 31.1 Å². The predicted octanol–water partition coefficient (Wildman–Crippen LogP) is 3.40. The fourth-order valence-electron chi connectivity index (χ4n) is 2.67. The van der Waals surface area contributed by atoms with Gasteiger partial charge in [0.1, 0.15) is 0 Å². The zero-order valence-electron chi connectivity index (χ0n) is 15.3. The zero-order chi connectivity index (χ0) is 18.9. The minimum Gasteiger partial charge on any atom is -0.354 e. The van der Waals surface area contributed by atoms with E-state index in [9.17, 15) is 9.59 Å². The fraction of sp³-hybridized carbons (Fsp3) is 0.333. The van der Waals surface area contributed by atoms with E-state index in [1.165, 1.54) is 5.56 Å². The number of amides is 2. The van der Waals surface area contributed by atoms with Crippen molar-refractivity contribution in [3.8, 4) is 0 Å². The van der Waals surface area contributed by atoms with E-state index >= 15 is 0 Å². The van der Waals surface area contributed by atoms with E-state index in [4.69, 9.17) is 11.6 Å². The predicted molar refractivity (Wildman–Crippen MR) is 105 cm³/mol. The van der Waals surface area contributed by atoms with Crippen molar-refractivity contribution >= 4 is 23.4 Å². The van der Waals surface area contributed by atoms with Crippen LogP contribution in [-0.4, -0.2) is 36.3 Å². The summed E-state index contributed by atoms with van der Waals surface area (Å²) in [6.45, 7) is 5.11. The molecular formula is C21H25ClN2O2. The number of carbonyl (C=O) groups excluding carboxylic acids is 2. The molecule has 0 heterocycles. The van der Waals surface area contributed by atoms with E-state index in [1.807, 2.05) is 55.5 Å². The van der Waals surface area contributed by atoms with E-state index in [0.717, 1.165) is 17.5 Å². The van der Waals surface area contributed by atoms with Gasteiger partial charge in [0.05, 0.1) is 6.42 Å². The van der Waals surface area contributed by atoms with Crippen molar-refractivity contribution < 1.29 is 9.59 Å². The number of aryl methyl sites for hydroxylation is 1. The molecule has 2 aromatic carbocycles. The number of hydrogen-bond donors (Lipinski definition) is 1. The van der Waals surface area contributed by atoms with Crippen LogP contribution >= 0.6 is 11.6 Å². The Morgan fingerprint density at radius 3 is 2.42 bits per heavy atom. The van der Waals surface area contributed by atoms with Crippen molar-refractivity contribution in [2.45, 2.75) is 26.7 Å². The highest BCUT2D eigenvalue weighted by Gasteiger charge is 2.10. The monoisotopic (exact) mass is 372 g/mol. The van der Waals surface area contributed by atoms with Gasteiger partial charge in [-0.15, -0.1) is 0 Å². The Bertz CT molecular complexity index is 744. The minimum absolute atomic E-state index is 0.000174. The summed E-state index contributed by atoms with van der Waals surface area (Å²) in [7, 11) is 0. The molecule has 2 aromatic rings. The van der Waals surface area contributed by atoms with Gasteiger partial charge in [-0.2, -0.15) is 0 Å². The van der Waals surface area contributed by atoms with Gasteiger partial charge in [0.15, 0.2) is 0 Å². The summed E-state index contributed by atoms with van der Waals surface area (Å²) in [5.74, 6) is -0.0352. The van der Waals surface area contributed by atoms with Crippen LogP contribution in [0, 0.1) is 6.92 Å². The molecule has 0 saturated carbocycles. The number of rotatable bonds is 8. The highest BCUT2D eigenvalue weighted by atomic mass is 35.5. The second kappa shape index (κ2) is 9.97. The normalized spacial score (nSPS) is 10.4. The summed E-state index contributed by atoms with van der Waals surface area (Å²) >= 11 is 5.99. The van der Waals surface area contributed by atoms with E-state index in [2.05, 4.69) is 5.32 Å². The lowest BCUT2D eigenvalue weighted by Gasteiger charge is -2.21. The Hall–Kier alpha value is -2.33. The van der Waals surface area contributed by atoms with Gasteiger partial charge in [-0.3, -0.25) is 9.59 Å². The maximum absolute atomic E-state index is 12.0. The van der Waals surface area contributed by atoms with Crippen molar-refractivity contribution in [3.63, 3.8) is 0 Å². The minimum atomic E-state index is -0.0350. The van der Waals surface area contributed by atoms with Crippen molar-refractivity contribution in [1.29, 1.82) is 0 Å². The molecule has 0 bridgehead atoms. The van der Waals surface area contributed by atoms with Crippen LogP contribution in [0.2, 0.25) is 5.02 Å². The Balaban J connectivity index is 1.76. The third-order valence-electron chi connectivity index (χ3n) is 4.19. The van der Waals surface area contributed by atoms with Gasteiger partial charge in [-0.1, -0.05) is 53.6 Å². The number of carbonyl (C=O) groups is 2. The first-order valence-electron chi connectivity index (χ1n) is 8.76. The van der Waals surface area contributed by atoms with Crippen molar-refractivity contribution in [2.24, 2.45) is 0 Å². The first-order chi connectivity index (χ1) is 12.4. The van der Waals surface area contributed by atoms with Gasteiger partial charge < -0.3 is 10.2 Å². The lowest BCUT2D eigenvalue weighted by molar-refractivity contribution is -0.129. The summed E-state index contributed by atoms with van der Waals surface area (Å²) in [5.41, 5.74) is 3.25. The first kappa shape index (κ1) is 20.0. The SMILES string of the molecule is CC(=O)N(CCNC(=O)Cc1ccc(C)cc1)CCc1cccc(Cl)c1. The fourth-order valence-corrected chi connectivity index (χ4v) is 2.88. The quantitative estimate of drug-likeness (QED) is 0.772. The average Bonchev–Trinajstić information content (AvgIpc) is 2.59. The first-order valence-corrected chi connectivity index (χ1v) is 9.14. The highest BCUT2D eigenvalue weighted by molar-refractivity contribution is 6.30. The number of hydrogen-bond acceptors (Lipinski definition) is 2. The summed E-state index contributed by atoms with van der Waals surface area (Å²) < 4.78 is 0. The maximum Gasteiger partial charge on any atom is 0.224 e. The van der Waals surface area contributed by atoms with Crippen LogP contribution in [0.1, 0.15) is 23.6 Å². The Morgan fingerprint density at radius 2 is 1.77 bits per heavy atom. The van der Waals surface area contributed by atoms with Crippen LogP contribution in [0.3, 0.4) is 0 Å². The molecule has 2 amide bonds. The highest BCUT2D eigenvalue weighted by Crippen LogP contribution is 2.11.